The van der Waals surface area contributed by atoms with E-state index < -0.39 is 0 Å². The van der Waals surface area contributed by atoms with Gasteiger partial charge < -0.3 is 5.32 Å². The summed E-state index contributed by atoms with van der Waals surface area (Å²) in [5.74, 6) is 0. The van der Waals surface area contributed by atoms with E-state index in [-0.39, 0.29) is 0 Å². The van der Waals surface area contributed by atoms with Gasteiger partial charge in [-0.15, -0.1) is 0 Å². The van der Waals surface area contributed by atoms with E-state index >= 15 is 0 Å². The second-order valence-electron chi connectivity index (χ2n) is 7.03. The Morgan fingerprint density at radius 3 is 2.26 bits per heavy atom. The average Bonchev–Trinajstić information content (AvgIpc) is 2.27. The van der Waals surface area contributed by atoms with E-state index in [1.54, 1.807) is 0 Å². The Balaban J connectivity index is 1.79. The summed E-state index contributed by atoms with van der Waals surface area (Å²) in [7, 11) is 0. The molecule has 0 amide bonds. The molecule has 1 aromatic carbocycles. The van der Waals surface area contributed by atoms with Crippen molar-refractivity contribution in [2.24, 2.45) is 5.41 Å². The molecule has 3 rings (SSSR count). The fourth-order valence-electron chi connectivity index (χ4n) is 4.05. The van der Waals surface area contributed by atoms with Crippen LogP contribution >= 0.6 is 15.9 Å². The fourth-order valence-corrected chi connectivity index (χ4v) is 4.31. The molecule has 104 valence electrons. The van der Waals surface area contributed by atoms with Gasteiger partial charge >= 0.3 is 0 Å². The van der Waals surface area contributed by atoms with Crippen molar-refractivity contribution in [1.29, 1.82) is 0 Å². The van der Waals surface area contributed by atoms with Crippen molar-refractivity contribution >= 4 is 15.9 Å². The van der Waals surface area contributed by atoms with Crippen molar-refractivity contribution in [3.63, 3.8) is 0 Å². The Morgan fingerprint density at radius 1 is 1.16 bits per heavy atom. The number of rotatable bonds is 4. The maximum absolute atomic E-state index is 3.68. The standard InChI is InChI=1S/C17H24BrN/c1-13(2)19-12-17(10-16(11-17)8-3-9-16)14-4-6-15(18)7-5-14/h4-7,13,19H,3,8-12H2,1-2H3. The van der Waals surface area contributed by atoms with Crippen LogP contribution < -0.4 is 5.32 Å². The minimum atomic E-state index is 0.394. The predicted molar refractivity (Wildman–Crippen MR) is 84.5 cm³/mol. The van der Waals surface area contributed by atoms with E-state index in [0.29, 0.717) is 16.9 Å². The zero-order valence-corrected chi connectivity index (χ0v) is 13.6. The molecule has 2 aliphatic rings. The van der Waals surface area contributed by atoms with E-state index in [2.05, 4.69) is 59.4 Å². The summed E-state index contributed by atoms with van der Waals surface area (Å²) in [6.45, 7) is 5.62. The number of nitrogens with one attached hydrogen (secondary N) is 1. The lowest BCUT2D eigenvalue weighted by molar-refractivity contribution is -0.0489. The van der Waals surface area contributed by atoms with Gasteiger partial charge in [0.15, 0.2) is 0 Å². The van der Waals surface area contributed by atoms with Crippen LogP contribution in [0.4, 0.5) is 0 Å². The summed E-state index contributed by atoms with van der Waals surface area (Å²) in [6.07, 6.45) is 7.16. The molecule has 1 N–H and O–H groups in total. The van der Waals surface area contributed by atoms with Crippen LogP contribution in [-0.4, -0.2) is 12.6 Å². The smallest absolute Gasteiger partial charge is 0.0175 e. The third-order valence-electron chi connectivity index (χ3n) is 5.15. The monoisotopic (exact) mass is 321 g/mol. The second kappa shape index (κ2) is 4.89. The molecule has 0 radical (unpaired) electrons. The molecule has 0 bridgehead atoms. The van der Waals surface area contributed by atoms with Gasteiger partial charge in [0.1, 0.15) is 0 Å². The molecule has 0 unspecified atom stereocenters. The molecular formula is C17H24BrN. The van der Waals surface area contributed by atoms with Gasteiger partial charge in [-0.2, -0.15) is 0 Å². The Hall–Kier alpha value is -0.340. The van der Waals surface area contributed by atoms with Gasteiger partial charge in [0.05, 0.1) is 0 Å². The fraction of sp³-hybridized carbons (Fsp3) is 0.647. The molecule has 0 heterocycles. The summed E-state index contributed by atoms with van der Waals surface area (Å²) in [5.41, 5.74) is 2.64. The summed E-state index contributed by atoms with van der Waals surface area (Å²) in [6, 6.07) is 9.59. The largest absolute Gasteiger partial charge is 0.314 e. The molecule has 2 heteroatoms. The van der Waals surface area contributed by atoms with Gasteiger partial charge in [0.25, 0.3) is 0 Å². The lowest BCUT2D eigenvalue weighted by atomic mass is 9.43. The van der Waals surface area contributed by atoms with Crippen molar-refractivity contribution in [2.45, 2.75) is 57.4 Å². The van der Waals surface area contributed by atoms with Gasteiger partial charge in [0.2, 0.25) is 0 Å². The van der Waals surface area contributed by atoms with Crippen LogP contribution in [0.3, 0.4) is 0 Å². The molecule has 1 spiro atoms. The van der Waals surface area contributed by atoms with Gasteiger partial charge in [0, 0.05) is 22.5 Å². The lowest BCUT2D eigenvalue weighted by Gasteiger charge is -2.62. The van der Waals surface area contributed by atoms with E-state index in [1.165, 1.54) is 42.1 Å². The molecule has 0 aliphatic heterocycles. The quantitative estimate of drug-likeness (QED) is 0.851. The summed E-state index contributed by atoms with van der Waals surface area (Å²) in [4.78, 5) is 0. The Kier molecular flexibility index (Phi) is 3.51. The highest BCUT2D eigenvalue weighted by molar-refractivity contribution is 9.10. The van der Waals surface area contributed by atoms with Gasteiger partial charge in [-0.3, -0.25) is 0 Å². The lowest BCUT2D eigenvalue weighted by Crippen LogP contribution is -2.57. The van der Waals surface area contributed by atoms with E-state index in [0.717, 1.165) is 6.54 Å². The maximum Gasteiger partial charge on any atom is 0.0175 e. The zero-order valence-electron chi connectivity index (χ0n) is 12.0. The summed E-state index contributed by atoms with van der Waals surface area (Å²) >= 11 is 3.55. The molecule has 2 fully saturated rings. The predicted octanol–water partition coefficient (Wildman–Crippen LogP) is 4.65. The van der Waals surface area contributed by atoms with E-state index in [4.69, 9.17) is 0 Å². The summed E-state index contributed by atoms with van der Waals surface area (Å²) in [5, 5.41) is 3.68. The SMILES string of the molecule is CC(C)NCC1(c2ccc(Br)cc2)CC2(CCC2)C1. The highest BCUT2D eigenvalue weighted by Crippen LogP contribution is 2.64. The van der Waals surface area contributed by atoms with Gasteiger partial charge in [-0.05, 0) is 48.8 Å². The molecule has 0 atom stereocenters. The zero-order chi connectivity index (χ0) is 13.5. The molecular weight excluding hydrogens is 298 g/mol. The van der Waals surface area contributed by atoms with Crippen molar-refractivity contribution in [3.05, 3.63) is 34.3 Å². The average molecular weight is 322 g/mol. The highest BCUT2D eigenvalue weighted by atomic mass is 79.9. The Labute approximate surface area is 125 Å². The third-order valence-corrected chi connectivity index (χ3v) is 5.67. The molecule has 2 saturated carbocycles. The first-order chi connectivity index (χ1) is 9.04. The van der Waals surface area contributed by atoms with Crippen LogP contribution in [0.25, 0.3) is 0 Å². The minimum Gasteiger partial charge on any atom is -0.314 e. The van der Waals surface area contributed by atoms with Crippen LogP contribution in [0.2, 0.25) is 0 Å². The Bertz CT molecular complexity index is 437. The summed E-state index contributed by atoms with van der Waals surface area (Å²) < 4.78 is 1.18. The molecule has 19 heavy (non-hydrogen) atoms. The van der Waals surface area contributed by atoms with Crippen molar-refractivity contribution in [1.82, 2.24) is 5.32 Å². The highest BCUT2D eigenvalue weighted by Gasteiger charge is 2.57. The Morgan fingerprint density at radius 2 is 1.79 bits per heavy atom. The maximum atomic E-state index is 3.68. The molecule has 1 aromatic rings. The first-order valence-corrected chi connectivity index (χ1v) is 8.33. The van der Waals surface area contributed by atoms with Crippen molar-refractivity contribution in [2.75, 3.05) is 6.54 Å². The van der Waals surface area contributed by atoms with Crippen LogP contribution in [-0.2, 0) is 5.41 Å². The number of benzene rings is 1. The number of hydrogen-bond acceptors (Lipinski definition) is 1. The normalized spacial score (nSPS) is 23.2. The van der Waals surface area contributed by atoms with Gasteiger partial charge in [-0.25, -0.2) is 0 Å². The first-order valence-electron chi connectivity index (χ1n) is 7.53. The molecule has 1 nitrogen and oxygen atoms in total. The second-order valence-corrected chi connectivity index (χ2v) is 7.95. The van der Waals surface area contributed by atoms with Crippen LogP contribution in [0.15, 0.2) is 28.7 Å². The minimum absolute atomic E-state index is 0.394. The molecule has 2 aliphatic carbocycles. The first kappa shape index (κ1) is 13.6. The van der Waals surface area contributed by atoms with E-state index in [9.17, 15) is 0 Å². The topological polar surface area (TPSA) is 12.0 Å². The van der Waals surface area contributed by atoms with Crippen molar-refractivity contribution in [3.8, 4) is 0 Å². The van der Waals surface area contributed by atoms with Gasteiger partial charge in [-0.1, -0.05) is 48.3 Å². The van der Waals surface area contributed by atoms with Crippen molar-refractivity contribution < 1.29 is 0 Å². The molecule has 0 saturated heterocycles. The van der Waals surface area contributed by atoms with Crippen LogP contribution in [0.1, 0.15) is 51.5 Å². The number of halogens is 1. The van der Waals surface area contributed by atoms with Crippen LogP contribution in [0, 0.1) is 5.41 Å². The van der Waals surface area contributed by atoms with E-state index in [1.807, 2.05) is 0 Å². The molecule has 0 aromatic heterocycles. The number of hydrogen-bond donors (Lipinski definition) is 1. The third kappa shape index (κ3) is 2.50. The van der Waals surface area contributed by atoms with Crippen LogP contribution in [0.5, 0.6) is 0 Å².